The van der Waals surface area contributed by atoms with E-state index >= 15 is 0 Å². The van der Waals surface area contributed by atoms with Crippen molar-refractivity contribution in [3.8, 4) is 0 Å². The summed E-state index contributed by atoms with van der Waals surface area (Å²) >= 11 is 0. The average Bonchev–Trinajstić information content (AvgIpc) is 2.59. The van der Waals surface area contributed by atoms with E-state index in [1.807, 2.05) is 30.3 Å². The normalized spacial score (nSPS) is 22.5. The highest BCUT2D eigenvalue weighted by molar-refractivity contribution is 5.78. The molecule has 0 saturated carbocycles. The molecule has 0 aromatic heterocycles. The molecule has 0 radical (unpaired) electrons. The summed E-state index contributed by atoms with van der Waals surface area (Å²) in [5.41, 5.74) is 0.870. The van der Waals surface area contributed by atoms with Gasteiger partial charge in [0.15, 0.2) is 0 Å². The van der Waals surface area contributed by atoms with Gasteiger partial charge in [-0.2, -0.15) is 0 Å². The molecule has 3 heteroatoms. The second kappa shape index (κ2) is 4.66. The fourth-order valence-corrected chi connectivity index (χ4v) is 2.14. The Bertz CT molecular complexity index is 363. The molecule has 0 spiro atoms. The molecule has 1 N–H and O–H groups in total. The number of nitrogens with zero attached hydrogens (tertiary/aromatic N) is 1. The topological polar surface area (TPSA) is 40.5 Å². The van der Waals surface area contributed by atoms with E-state index in [2.05, 4.69) is 6.92 Å². The summed E-state index contributed by atoms with van der Waals surface area (Å²) in [5.74, 6) is 0.568. The molecule has 1 aromatic carbocycles. The number of hydrogen-bond acceptors (Lipinski definition) is 2. The number of carbonyl (C=O) groups excluding carboxylic acids is 1. The van der Waals surface area contributed by atoms with E-state index in [4.69, 9.17) is 0 Å². The zero-order valence-corrected chi connectivity index (χ0v) is 9.47. The molecule has 1 amide bonds. The summed E-state index contributed by atoms with van der Waals surface area (Å²) < 4.78 is 0. The molecule has 2 atom stereocenters. The predicted molar refractivity (Wildman–Crippen MR) is 61.8 cm³/mol. The number of hydrogen-bond donors (Lipinski definition) is 1. The van der Waals surface area contributed by atoms with Crippen LogP contribution in [-0.4, -0.2) is 29.0 Å². The van der Waals surface area contributed by atoms with Crippen molar-refractivity contribution in [2.75, 3.05) is 13.1 Å². The number of carbonyl (C=O) groups is 1. The first kappa shape index (κ1) is 11.1. The molecule has 1 saturated heterocycles. The summed E-state index contributed by atoms with van der Waals surface area (Å²) in [7, 11) is 0. The molecule has 1 heterocycles. The van der Waals surface area contributed by atoms with Crippen molar-refractivity contribution in [3.05, 3.63) is 35.9 Å². The standard InChI is InChI=1S/C13H17NO2/c1-10-7-13(16)14(8-10)9-12(15)11-5-3-2-4-6-11/h2-6,10,12,15H,7-9H2,1H3. The fourth-order valence-electron chi connectivity index (χ4n) is 2.14. The Morgan fingerprint density at radius 1 is 1.44 bits per heavy atom. The van der Waals surface area contributed by atoms with Crippen molar-refractivity contribution in [3.63, 3.8) is 0 Å². The van der Waals surface area contributed by atoms with Gasteiger partial charge in [-0.1, -0.05) is 37.3 Å². The van der Waals surface area contributed by atoms with Gasteiger partial charge in [-0.15, -0.1) is 0 Å². The fraction of sp³-hybridized carbons (Fsp3) is 0.462. The molecule has 2 rings (SSSR count). The van der Waals surface area contributed by atoms with Gasteiger partial charge in [-0.05, 0) is 11.5 Å². The Kier molecular flexibility index (Phi) is 3.25. The Labute approximate surface area is 95.7 Å². The Balaban J connectivity index is 1.98. The van der Waals surface area contributed by atoms with E-state index in [-0.39, 0.29) is 5.91 Å². The Morgan fingerprint density at radius 2 is 2.12 bits per heavy atom. The molecule has 0 aliphatic carbocycles. The van der Waals surface area contributed by atoms with Crippen molar-refractivity contribution in [2.24, 2.45) is 5.92 Å². The minimum absolute atomic E-state index is 0.155. The van der Waals surface area contributed by atoms with E-state index in [0.29, 0.717) is 18.9 Å². The molecule has 1 aliphatic heterocycles. The lowest BCUT2D eigenvalue weighted by Crippen LogP contribution is -2.30. The van der Waals surface area contributed by atoms with Gasteiger partial charge in [-0.25, -0.2) is 0 Å². The van der Waals surface area contributed by atoms with Crippen molar-refractivity contribution in [2.45, 2.75) is 19.4 Å². The van der Waals surface area contributed by atoms with Gasteiger partial charge in [-0.3, -0.25) is 4.79 Å². The van der Waals surface area contributed by atoms with Gasteiger partial charge >= 0.3 is 0 Å². The number of aliphatic hydroxyl groups is 1. The molecule has 3 nitrogen and oxygen atoms in total. The Morgan fingerprint density at radius 3 is 2.69 bits per heavy atom. The lowest BCUT2D eigenvalue weighted by molar-refractivity contribution is -0.128. The van der Waals surface area contributed by atoms with E-state index in [1.165, 1.54) is 0 Å². The van der Waals surface area contributed by atoms with Crippen LogP contribution in [0.2, 0.25) is 0 Å². The van der Waals surface area contributed by atoms with E-state index in [0.717, 1.165) is 12.1 Å². The van der Waals surface area contributed by atoms with Crippen LogP contribution in [0.1, 0.15) is 25.0 Å². The molecule has 86 valence electrons. The summed E-state index contributed by atoms with van der Waals surface area (Å²) in [6.45, 7) is 3.24. The number of likely N-dealkylation sites (tertiary alicyclic amines) is 1. The second-order valence-corrected chi connectivity index (χ2v) is 4.53. The van der Waals surface area contributed by atoms with Crippen molar-refractivity contribution >= 4 is 5.91 Å². The molecule has 16 heavy (non-hydrogen) atoms. The van der Waals surface area contributed by atoms with Crippen LogP contribution in [0.4, 0.5) is 0 Å². The van der Waals surface area contributed by atoms with Crippen LogP contribution in [0.5, 0.6) is 0 Å². The zero-order valence-electron chi connectivity index (χ0n) is 9.47. The van der Waals surface area contributed by atoms with Crippen molar-refractivity contribution < 1.29 is 9.90 Å². The van der Waals surface area contributed by atoms with Crippen molar-refractivity contribution in [1.82, 2.24) is 4.90 Å². The van der Waals surface area contributed by atoms with Gasteiger partial charge < -0.3 is 10.0 Å². The SMILES string of the molecule is CC1CC(=O)N(CC(O)c2ccccc2)C1. The maximum atomic E-state index is 11.6. The quantitative estimate of drug-likeness (QED) is 0.838. The second-order valence-electron chi connectivity index (χ2n) is 4.53. The van der Waals surface area contributed by atoms with Crippen LogP contribution in [0.25, 0.3) is 0 Å². The van der Waals surface area contributed by atoms with E-state index in [1.54, 1.807) is 4.90 Å². The summed E-state index contributed by atoms with van der Waals surface area (Å²) in [6.07, 6.45) is 0.0390. The number of rotatable bonds is 3. The first-order valence-electron chi connectivity index (χ1n) is 5.67. The highest BCUT2D eigenvalue weighted by Crippen LogP contribution is 2.21. The molecular weight excluding hydrogens is 202 g/mol. The largest absolute Gasteiger partial charge is 0.387 e. The highest BCUT2D eigenvalue weighted by atomic mass is 16.3. The maximum Gasteiger partial charge on any atom is 0.223 e. The maximum absolute atomic E-state index is 11.6. The van der Waals surface area contributed by atoms with E-state index < -0.39 is 6.10 Å². The smallest absolute Gasteiger partial charge is 0.223 e. The third-order valence-corrected chi connectivity index (χ3v) is 2.99. The molecule has 1 fully saturated rings. The zero-order chi connectivity index (χ0) is 11.5. The monoisotopic (exact) mass is 219 g/mol. The number of aliphatic hydroxyl groups excluding tert-OH is 1. The van der Waals surface area contributed by atoms with Crippen LogP contribution in [0.15, 0.2) is 30.3 Å². The molecule has 1 aromatic rings. The third-order valence-electron chi connectivity index (χ3n) is 2.99. The van der Waals surface area contributed by atoms with Gasteiger partial charge in [0.2, 0.25) is 5.91 Å². The van der Waals surface area contributed by atoms with Crippen LogP contribution >= 0.6 is 0 Å². The summed E-state index contributed by atoms with van der Waals surface area (Å²) in [6, 6.07) is 9.47. The van der Waals surface area contributed by atoms with Crippen LogP contribution < -0.4 is 0 Å². The third kappa shape index (κ3) is 2.42. The summed E-state index contributed by atoms with van der Waals surface area (Å²) in [4.78, 5) is 13.3. The Hall–Kier alpha value is -1.35. The lowest BCUT2D eigenvalue weighted by atomic mass is 10.1. The minimum atomic E-state index is -0.574. The van der Waals surface area contributed by atoms with Gasteiger partial charge in [0.25, 0.3) is 0 Å². The minimum Gasteiger partial charge on any atom is -0.387 e. The van der Waals surface area contributed by atoms with Crippen LogP contribution in [0.3, 0.4) is 0 Å². The average molecular weight is 219 g/mol. The predicted octanol–water partition coefficient (Wildman–Crippen LogP) is 1.59. The molecular formula is C13H17NO2. The number of benzene rings is 1. The first-order chi connectivity index (χ1) is 7.66. The van der Waals surface area contributed by atoms with Gasteiger partial charge in [0.1, 0.15) is 0 Å². The highest BCUT2D eigenvalue weighted by Gasteiger charge is 2.27. The van der Waals surface area contributed by atoms with Crippen LogP contribution in [-0.2, 0) is 4.79 Å². The number of β-amino-alcohol motifs (C(OH)–C–C–N with tert-alkyl or cyclic N) is 1. The molecule has 1 aliphatic rings. The lowest BCUT2D eigenvalue weighted by Gasteiger charge is -2.20. The molecule has 2 unspecified atom stereocenters. The van der Waals surface area contributed by atoms with E-state index in [9.17, 15) is 9.90 Å². The first-order valence-corrected chi connectivity index (χ1v) is 5.67. The van der Waals surface area contributed by atoms with Gasteiger partial charge in [0, 0.05) is 13.0 Å². The van der Waals surface area contributed by atoms with Crippen molar-refractivity contribution in [1.29, 1.82) is 0 Å². The molecule has 0 bridgehead atoms. The summed E-state index contributed by atoms with van der Waals surface area (Å²) in [5, 5.41) is 9.99. The number of amides is 1. The van der Waals surface area contributed by atoms with Gasteiger partial charge in [0.05, 0.1) is 12.6 Å². The van der Waals surface area contributed by atoms with Crippen LogP contribution in [0, 0.1) is 5.92 Å².